The molecule has 3 heterocycles. The molecule has 0 aromatic heterocycles. The van der Waals surface area contributed by atoms with Crippen molar-refractivity contribution in [3.8, 4) is 0 Å². The maximum atomic E-state index is 5.20. The van der Waals surface area contributed by atoms with Gasteiger partial charge in [0.05, 0.1) is 0 Å². The van der Waals surface area contributed by atoms with E-state index in [2.05, 4.69) is 29.1 Å². The zero-order valence-electron chi connectivity index (χ0n) is 11.5. The number of hydrogen-bond donors (Lipinski definition) is 1. The van der Waals surface area contributed by atoms with Crippen molar-refractivity contribution in [2.75, 3.05) is 53.5 Å². The fourth-order valence-corrected chi connectivity index (χ4v) is 3.34. The number of methoxy groups -OCH3 is 1. The highest BCUT2D eigenvalue weighted by Crippen LogP contribution is 2.23. The van der Waals surface area contributed by atoms with Crippen LogP contribution in [0.2, 0.25) is 0 Å². The van der Waals surface area contributed by atoms with Crippen LogP contribution in [0.25, 0.3) is 0 Å². The summed E-state index contributed by atoms with van der Waals surface area (Å²) in [5.41, 5.74) is 0. The SMILES string of the molecule is CNC(C(C)CCOC)C1CN2CCN1CC2. The zero-order chi connectivity index (χ0) is 12.3. The molecule has 3 rings (SSSR count). The second-order valence-corrected chi connectivity index (χ2v) is 5.48. The first-order chi connectivity index (χ1) is 8.26. The molecule has 0 aromatic carbocycles. The van der Waals surface area contributed by atoms with Gasteiger partial charge in [0.1, 0.15) is 0 Å². The van der Waals surface area contributed by atoms with Gasteiger partial charge in [-0.25, -0.2) is 0 Å². The van der Waals surface area contributed by atoms with Crippen LogP contribution in [0.1, 0.15) is 13.3 Å². The molecule has 1 N–H and O–H groups in total. The highest BCUT2D eigenvalue weighted by Gasteiger charge is 2.37. The second kappa shape index (κ2) is 6.14. The van der Waals surface area contributed by atoms with Gasteiger partial charge in [-0.1, -0.05) is 6.92 Å². The number of likely N-dealkylation sites (N-methyl/N-ethyl adjacent to an activating group) is 1. The van der Waals surface area contributed by atoms with Crippen LogP contribution in [-0.4, -0.2) is 75.4 Å². The first-order valence-corrected chi connectivity index (χ1v) is 6.89. The first kappa shape index (κ1) is 13.3. The monoisotopic (exact) mass is 241 g/mol. The summed E-state index contributed by atoms with van der Waals surface area (Å²) in [6.07, 6.45) is 1.15. The topological polar surface area (TPSA) is 27.7 Å². The van der Waals surface area contributed by atoms with E-state index in [1.807, 2.05) is 0 Å². The Morgan fingerprint density at radius 1 is 1.29 bits per heavy atom. The molecule has 3 saturated heterocycles. The van der Waals surface area contributed by atoms with Crippen LogP contribution < -0.4 is 5.32 Å². The third kappa shape index (κ3) is 2.99. The van der Waals surface area contributed by atoms with Gasteiger partial charge in [0.15, 0.2) is 0 Å². The molecule has 4 heteroatoms. The van der Waals surface area contributed by atoms with Crippen LogP contribution in [0.5, 0.6) is 0 Å². The number of fused-ring (bicyclic) bond motifs is 3. The Morgan fingerprint density at radius 3 is 2.47 bits per heavy atom. The summed E-state index contributed by atoms with van der Waals surface area (Å²) in [4.78, 5) is 5.28. The van der Waals surface area contributed by atoms with Crippen molar-refractivity contribution in [1.82, 2.24) is 15.1 Å². The molecule has 0 radical (unpaired) electrons. The summed E-state index contributed by atoms with van der Waals surface area (Å²) < 4.78 is 5.20. The molecular weight excluding hydrogens is 214 g/mol. The molecule has 2 bridgehead atoms. The highest BCUT2D eigenvalue weighted by molar-refractivity contribution is 4.96. The van der Waals surface area contributed by atoms with Crippen molar-refractivity contribution in [3.63, 3.8) is 0 Å². The fraction of sp³-hybridized carbons (Fsp3) is 1.00. The van der Waals surface area contributed by atoms with Gasteiger partial charge in [-0.2, -0.15) is 0 Å². The molecule has 3 unspecified atom stereocenters. The molecule has 3 atom stereocenters. The molecule has 0 aromatic rings. The lowest BCUT2D eigenvalue weighted by atomic mass is 9.89. The van der Waals surface area contributed by atoms with E-state index >= 15 is 0 Å². The van der Waals surface area contributed by atoms with Crippen LogP contribution in [0.15, 0.2) is 0 Å². The minimum Gasteiger partial charge on any atom is -0.385 e. The smallest absolute Gasteiger partial charge is 0.0465 e. The van der Waals surface area contributed by atoms with Gasteiger partial charge >= 0.3 is 0 Å². The van der Waals surface area contributed by atoms with Gasteiger partial charge in [-0.3, -0.25) is 9.80 Å². The molecule has 0 amide bonds. The Balaban J connectivity index is 1.93. The lowest BCUT2D eigenvalue weighted by Gasteiger charge is -2.51. The summed E-state index contributed by atoms with van der Waals surface area (Å²) in [7, 11) is 3.89. The standard InChI is InChI=1S/C13H27N3O/c1-11(4-9-17-3)13(14-2)12-10-15-5-7-16(12)8-6-15/h11-14H,4-10H2,1-3H3. The first-order valence-electron chi connectivity index (χ1n) is 6.89. The number of hydrogen-bond acceptors (Lipinski definition) is 4. The zero-order valence-corrected chi connectivity index (χ0v) is 11.5. The molecule has 0 spiro atoms. The highest BCUT2D eigenvalue weighted by atomic mass is 16.5. The van der Waals surface area contributed by atoms with E-state index in [0.717, 1.165) is 13.0 Å². The average Bonchev–Trinajstić information content (AvgIpc) is 2.38. The van der Waals surface area contributed by atoms with E-state index < -0.39 is 0 Å². The van der Waals surface area contributed by atoms with Crippen LogP contribution in [0, 0.1) is 5.92 Å². The summed E-state index contributed by atoms with van der Waals surface area (Å²) in [5, 5.41) is 3.54. The van der Waals surface area contributed by atoms with Gasteiger partial charge in [-0.05, 0) is 19.4 Å². The van der Waals surface area contributed by atoms with Crippen molar-refractivity contribution in [1.29, 1.82) is 0 Å². The summed E-state index contributed by atoms with van der Waals surface area (Å²) in [5.74, 6) is 0.672. The van der Waals surface area contributed by atoms with E-state index in [9.17, 15) is 0 Å². The molecule has 3 aliphatic heterocycles. The van der Waals surface area contributed by atoms with Crippen molar-refractivity contribution >= 4 is 0 Å². The molecular formula is C13H27N3O. The normalized spacial score (nSPS) is 35.8. The van der Waals surface area contributed by atoms with Gasteiger partial charge in [0.25, 0.3) is 0 Å². The Kier molecular flexibility index (Phi) is 4.79. The van der Waals surface area contributed by atoms with Crippen LogP contribution in [-0.2, 0) is 4.74 Å². The average molecular weight is 241 g/mol. The maximum Gasteiger partial charge on any atom is 0.0465 e. The van der Waals surface area contributed by atoms with E-state index in [4.69, 9.17) is 4.74 Å². The van der Waals surface area contributed by atoms with Gasteiger partial charge in [0.2, 0.25) is 0 Å². The lowest BCUT2D eigenvalue weighted by molar-refractivity contribution is -0.0127. The van der Waals surface area contributed by atoms with Gasteiger partial charge < -0.3 is 10.1 Å². The van der Waals surface area contributed by atoms with Crippen LogP contribution in [0.4, 0.5) is 0 Å². The van der Waals surface area contributed by atoms with Gasteiger partial charge in [-0.15, -0.1) is 0 Å². The summed E-state index contributed by atoms with van der Waals surface area (Å²) in [6.45, 7) is 9.48. The maximum absolute atomic E-state index is 5.20. The quantitative estimate of drug-likeness (QED) is 0.721. The molecule has 17 heavy (non-hydrogen) atoms. The molecule has 3 aliphatic rings. The molecule has 3 fully saturated rings. The summed E-state index contributed by atoms with van der Waals surface area (Å²) in [6, 6.07) is 1.28. The third-order valence-electron chi connectivity index (χ3n) is 4.46. The Morgan fingerprint density at radius 2 is 2.00 bits per heavy atom. The molecule has 4 nitrogen and oxygen atoms in total. The molecule has 0 saturated carbocycles. The second-order valence-electron chi connectivity index (χ2n) is 5.48. The third-order valence-corrected chi connectivity index (χ3v) is 4.46. The minimum atomic E-state index is 0.591. The van der Waals surface area contributed by atoms with Crippen molar-refractivity contribution in [2.24, 2.45) is 5.92 Å². The molecule has 0 aliphatic carbocycles. The number of ether oxygens (including phenoxy) is 1. The number of nitrogens with one attached hydrogen (secondary N) is 1. The van der Waals surface area contributed by atoms with Crippen LogP contribution >= 0.6 is 0 Å². The summed E-state index contributed by atoms with van der Waals surface area (Å²) >= 11 is 0. The Hall–Kier alpha value is -0.160. The van der Waals surface area contributed by atoms with E-state index in [0.29, 0.717) is 18.0 Å². The molecule has 100 valence electrons. The van der Waals surface area contributed by atoms with E-state index in [-0.39, 0.29) is 0 Å². The number of nitrogens with zero attached hydrogens (tertiary/aromatic N) is 2. The number of piperazine rings is 3. The van der Waals surface area contributed by atoms with Gasteiger partial charge in [0, 0.05) is 58.5 Å². The van der Waals surface area contributed by atoms with Crippen LogP contribution in [0.3, 0.4) is 0 Å². The lowest BCUT2D eigenvalue weighted by Crippen LogP contribution is -2.67. The van der Waals surface area contributed by atoms with E-state index in [1.165, 1.54) is 32.7 Å². The van der Waals surface area contributed by atoms with Crippen molar-refractivity contribution < 1.29 is 4.74 Å². The fourth-order valence-electron chi connectivity index (χ4n) is 3.34. The predicted octanol–water partition coefficient (Wildman–Crippen LogP) is 0.247. The van der Waals surface area contributed by atoms with E-state index in [1.54, 1.807) is 7.11 Å². The predicted molar refractivity (Wildman–Crippen MR) is 70.3 cm³/mol. The van der Waals surface area contributed by atoms with Crippen molar-refractivity contribution in [2.45, 2.75) is 25.4 Å². The largest absolute Gasteiger partial charge is 0.385 e. The van der Waals surface area contributed by atoms with Crippen molar-refractivity contribution in [3.05, 3.63) is 0 Å². The minimum absolute atomic E-state index is 0.591. The number of rotatable bonds is 6. The Labute approximate surface area is 105 Å². The Bertz CT molecular complexity index is 229.